The largest absolute Gasteiger partial charge is 0.478 e. The van der Waals surface area contributed by atoms with Crippen molar-refractivity contribution in [2.75, 3.05) is 6.54 Å². The van der Waals surface area contributed by atoms with Crippen LogP contribution < -0.4 is 5.32 Å². The Morgan fingerprint density at radius 2 is 2.25 bits per heavy atom. The Kier molecular flexibility index (Phi) is 4.20. The van der Waals surface area contributed by atoms with Crippen LogP contribution in [0.1, 0.15) is 22.8 Å². The van der Waals surface area contributed by atoms with Gasteiger partial charge in [-0.1, -0.05) is 12.2 Å². The lowest BCUT2D eigenvalue weighted by atomic mass is 10.2. The highest BCUT2D eigenvalue weighted by Gasteiger charge is 2.01. The summed E-state index contributed by atoms with van der Waals surface area (Å²) < 4.78 is 0. The molecule has 5 nitrogen and oxygen atoms in total. The number of carbonyl (C=O) groups excluding carboxylic acids is 1. The summed E-state index contributed by atoms with van der Waals surface area (Å²) in [4.78, 5) is 25.0. The van der Waals surface area contributed by atoms with Gasteiger partial charge in [0, 0.05) is 25.9 Å². The van der Waals surface area contributed by atoms with E-state index in [-0.39, 0.29) is 11.5 Å². The van der Waals surface area contributed by atoms with Crippen molar-refractivity contribution in [1.82, 2.24) is 10.3 Å². The predicted molar refractivity (Wildman–Crippen MR) is 58.9 cm³/mol. The molecule has 0 aliphatic heterocycles. The molecule has 0 saturated heterocycles. The molecule has 5 heteroatoms. The summed E-state index contributed by atoms with van der Waals surface area (Å²) in [7, 11) is 0. The molecule has 2 N–H and O–H groups in total. The van der Waals surface area contributed by atoms with Gasteiger partial charge in [0.2, 0.25) is 5.91 Å². The number of carboxylic acid groups (broad SMARTS) is 1. The van der Waals surface area contributed by atoms with Crippen molar-refractivity contribution >= 4 is 18.0 Å². The van der Waals surface area contributed by atoms with Gasteiger partial charge in [-0.15, -0.1) is 0 Å². The Labute approximate surface area is 92.8 Å². The van der Waals surface area contributed by atoms with Gasteiger partial charge in [-0.3, -0.25) is 9.78 Å². The number of pyridine rings is 1. The smallest absolute Gasteiger partial charge is 0.337 e. The SMILES string of the molecule is CC(=O)NCC=Cc1cncc(C(=O)O)c1. The Hall–Kier alpha value is -2.17. The van der Waals surface area contributed by atoms with Gasteiger partial charge < -0.3 is 10.4 Å². The van der Waals surface area contributed by atoms with E-state index in [1.54, 1.807) is 18.3 Å². The predicted octanol–water partition coefficient (Wildman–Crippen LogP) is 0.929. The summed E-state index contributed by atoms with van der Waals surface area (Å²) >= 11 is 0. The standard InChI is InChI=1S/C11H12N2O3/c1-8(14)13-4-2-3-9-5-10(11(15)16)7-12-6-9/h2-3,5-7H,4H2,1H3,(H,13,14)(H,15,16). The molecule has 0 fully saturated rings. The van der Waals surface area contributed by atoms with Crippen LogP contribution in [0.2, 0.25) is 0 Å². The number of amides is 1. The maximum atomic E-state index is 10.7. The van der Waals surface area contributed by atoms with Gasteiger partial charge in [0.25, 0.3) is 0 Å². The van der Waals surface area contributed by atoms with Crippen molar-refractivity contribution in [1.29, 1.82) is 0 Å². The highest BCUT2D eigenvalue weighted by Crippen LogP contribution is 2.04. The van der Waals surface area contributed by atoms with Crippen molar-refractivity contribution in [3.63, 3.8) is 0 Å². The molecule has 1 rings (SSSR count). The molecule has 1 amide bonds. The number of nitrogens with zero attached hydrogens (tertiary/aromatic N) is 1. The lowest BCUT2D eigenvalue weighted by Crippen LogP contribution is -2.19. The first-order valence-corrected chi connectivity index (χ1v) is 4.69. The molecule has 0 radical (unpaired) electrons. The number of aromatic nitrogens is 1. The van der Waals surface area contributed by atoms with Crippen molar-refractivity contribution in [3.05, 3.63) is 35.7 Å². The van der Waals surface area contributed by atoms with Crippen molar-refractivity contribution in [2.45, 2.75) is 6.92 Å². The number of aromatic carboxylic acids is 1. The third-order valence-corrected chi connectivity index (χ3v) is 1.79. The first kappa shape index (κ1) is 11.9. The van der Waals surface area contributed by atoms with Gasteiger partial charge in [0.05, 0.1) is 5.56 Å². The average Bonchev–Trinajstić information content (AvgIpc) is 2.24. The van der Waals surface area contributed by atoms with Crippen molar-refractivity contribution < 1.29 is 14.7 Å². The Balaban J connectivity index is 2.63. The first-order chi connectivity index (χ1) is 7.59. The fourth-order valence-electron chi connectivity index (χ4n) is 1.06. The van der Waals surface area contributed by atoms with Gasteiger partial charge in [-0.25, -0.2) is 4.79 Å². The molecule has 0 unspecified atom stereocenters. The minimum absolute atomic E-state index is 0.109. The summed E-state index contributed by atoms with van der Waals surface area (Å²) in [6, 6.07) is 1.51. The van der Waals surface area contributed by atoms with Crippen LogP contribution in [0.4, 0.5) is 0 Å². The second-order valence-corrected chi connectivity index (χ2v) is 3.15. The molecule has 16 heavy (non-hydrogen) atoms. The molecule has 1 aromatic heterocycles. The van der Waals surface area contributed by atoms with E-state index >= 15 is 0 Å². The molecule has 0 aliphatic rings. The van der Waals surface area contributed by atoms with Crippen LogP contribution in [0.25, 0.3) is 6.08 Å². The maximum absolute atomic E-state index is 10.7. The maximum Gasteiger partial charge on any atom is 0.337 e. The summed E-state index contributed by atoms with van der Waals surface area (Å²) in [5.41, 5.74) is 0.826. The van der Waals surface area contributed by atoms with Gasteiger partial charge in [0.1, 0.15) is 0 Å². The van der Waals surface area contributed by atoms with Gasteiger partial charge in [0.15, 0.2) is 0 Å². The van der Waals surface area contributed by atoms with Gasteiger partial charge >= 0.3 is 5.97 Å². The van der Waals surface area contributed by atoms with E-state index in [0.29, 0.717) is 12.1 Å². The second kappa shape index (κ2) is 5.65. The molecule has 1 heterocycles. The van der Waals surface area contributed by atoms with Gasteiger partial charge in [-0.2, -0.15) is 0 Å². The first-order valence-electron chi connectivity index (χ1n) is 4.69. The van der Waals surface area contributed by atoms with E-state index in [1.807, 2.05) is 0 Å². The summed E-state index contributed by atoms with van der Waals surface area (Å²) in [6.07, 6.45) is 6.27. The Bertz CT molecular complexity index is 427. The number of rotatable bonds is 4. The molecule has 0 spiro atoms. The fraction of sp³-hybridized carbons (Fsp3) is 0.182. The van der Waals surface area contributed by atoms with E-state index in [1.165, 1.54) is 19.2 Å². The minimum Gasteiger partial charge on any atom is -0.478 e. The molecule has 1 aromatic rings. The molecule has 0 aromatic carbocycles. The third kappa shape index (κ3) is 3.91. The zero-order valence-electron chi connectivity index (χ0n) is 8.80. The summed E-state index contributed by atoms with van der Waals surface area (Å²) in [5, 5.41) is 11.3. The highest BCUT2D eigenvalue weighted by atomic mass is 16.4. The van der Waals surface area contributed by atoms with Crippen LogP contribution in [0.3, 0.4) is 0 Å². The summed E-state index contributed by atoms with van der Waals surface area (Å²) in [5.74, 6) is -1.12. The van der Waals surface area contributed by atoms with Crippen LogP contribution >= 0.6 is 0 Å². The van der Waals surface area contributed by atoms with E-state index < -0.39 is 5.97 Å². The van der Waals surface area contributed by atoms with Crippen LogP contribution in [0, 0.1) is 0 Å². The Morgan fingerprint density at radius 3 is 2.88 bits per heavy atom. The number of carbonyl (C=O) groups is 2. The topological polar surface area (TPSA) is 79.3 Å². The van der Waals surface area contributed by atoms with E-state index in [2.05, 4.69) is 10.3 Å². The van der Waals surface area contributed by atoms with Crippen molar-refractivity contribution in [3.8, 4) is 0 Å². The molecule has 0 saturated carbocycles. The summed E-state index contributed by atoms with van der Waals surface area (Å²) in [6.45, 7) is 1.84. The second-order valence-electron chi connectivity index (χ2n) is 3.15. The van der Waals surface area contributed by atoms with E-state index in [9.17, 15) is 9.59 Å². The van der Waals surface area contributed by atoms with Crippen LogP contribution in [0.5, 0.6) is 0 Å². The minimum atomic E-state index is -1.01. The monoisotopic (exact) mass is 220 g/mol. The average molecular weight is 220 g/mol. The molecular weight excluding hydrogens is 208 g/mol. The van der Waals surface area contributed by atoms with Gasteiger partial charge in [-0.05, 0) is 11.6 Å². The third-order valence-electron chi connectivity index (χ3n) is 1.79. The van der Waals surface area contributed by atoms with Crippen LogP contribution in [0.15, 0.2) is 24.5 Å². The molecule has 0 atom stereocenters. The van der Waals surface area contributed by atoms with Crippen LogP contribution in [-0.4, -0.2) is 28.5 Å². The number of hydrogen-bond donors (Lipinski definition) is 2. The molecule has 0 bridgehead atoms. The van der Waals surface area contributed by atoms with E-state index in [0.717, 1.165) is 0 Å². The van der Waals surface area contributed by atoms with Crippen LogP contribution in [-0.2, 0) is 4.79 Å². The quantitative estimate of drug-likeness (QED) is 0.791. The molecular formula is C11H12N2O3. The highest BCUT2D eigenvalue weighted by molar-refractivity contribution is 5.87. The van der Waals surface area contributed by atoms with E-state index in [4.69, 9.17) is 5.11 Å². The molecule has 84 valence electrons. The zero-order valence-corrected chi connectivity index (χ0v) is 8.80. The lowest BCUT2D eigenvalue weighted by molar-refractivity contribution is -0.118. The zero-order chi connectivity index (χ0) is 12.0. The Morgan fingerprint density at radius 1 is 1.50 bits per heavy atom. The lowest BCUT2D eigenvalue weighted by Gasteiger charge is -1.97. The fourth-order valence-corrected chi connectivity index (χ4v) is 1.06. The number of carboxylic acids is 1. The molecule has 0 aliphatic carbocycles. The normalized spacial score (nSPS) is 10.3. The van der Waals surface area contributed by atoms with Crippen molar-refractivity contribution in [2.24, 2.45) is 0 Å². The number of hydrogen-bond acceptors (Lipinski definition) is 3. The number of nitrogens with one attached hydrogen (secondary N) is 1.